The molecule has 76 valence electrons. The first-order valence-electron chi connectivity index (χ1n) is 4.23. The van der Waals surface area contributed by atoms with Gasteiger partial charge in [-0.15, -0.1) is 0 Å². The highest BCUT2D eigenvalue weighted by atomic mass is 16.5. The maximum atomic E-state index is 11.5. The van der Waals surface area contributed by atoms with Gasteiger partial charge in [0, 0.05) is 0 Å². The molecule has 0 saturated heterocycles. The number of benzene rings is 1. The molecule has 1 aromatic rings. The van der Waals surface area contributed by atoms with Crippen molar-refractivity contribution in [3.8, 4) is 11.5 Å². The zero-order valence-electron chi connectivity index (χ0n) is 8.15. The van der Waals surface area contributed by atoms with Crippen molar-refractivity contribution < 1.29 is 14.6 Å². The van der Waals surface area contributed by atoms with Crippen LogP contribution in [-0.2, 0) is 0 Å². The third kappa shape index (κ3) is 1.85. The number of carbonyl (C=O) groups is 1. The van der Waals surface area contributed by atoms with Crippen LogP contribution in [0.1, 0.15) is 17.3 Å². The molecule has 0 amide bonds. The predicted octanol–water partition coefficient (Wildman–Crippen LogP) is 0.931. The summed E-state index contributed by atoms with van der Waals surface area (Å²) in [4.78, 5) is 11.5. The largest absolute Gasteiger partial charge is 0.504 e. The molecule has 0 fully saturated rings. The minimum Gasteiger partial charge on any atom is -0.504 e. The molecule has 14 heavy (non-hydrogen) atoms. The van der Waals surface area contributed by atoms with Crippen molar-refractivity contribution in [2.24, 2.45) is 5.73 Å². The summed E-state index contributed by atoms with van der Waals surface area (Å²) in [5, 5.41) is 9.61. The lowest BCUT2D eigenvalue weighted by Gasteiger charge is -2.09. The second-order valence-electron chi connectivity index (χ2n) is 3.01. The van der Waals surface area contributed by atoms with Gasteiger partial charge in [0.25, 0.3) is 0 Å². The van der Waals surface area contributed by atoms with Crippen molar-refractivity contribution in [1.82, 2.24) is 0 Å². The summed E-state index contributed by atoms with van der Waals surface area (Å²) < 4.78 is 4.87. The molecule has 1 aromatic carbocycles. The van der Waals surface area contributed by atoms with E-state index in [1.807, 2.05) is 0 Å². The number of para-hydroxylation sites is 1. The summed E-state index contributed by atoms with van der Waals surface area (Å²) in [5.74, 6) is -0.185. The quantitative estimate of drug-likeness (QED) is 0.704. The van der Waals surface area contributed by atoms with E-state index in [0.717, 1.165) is 0 Å². The predicted molar refractivity (Wildman–Crippen MR) is 52.6 cm³/mol. The van der Waals surface area contributed by atoms with Gasteiger partial charge >= 0.3 is 0 Å². The second-order valence-corrected chi connectivity index (χ2v) is 3.01. The maximum Gasteiger partial charge on any atom is 0.183 e. The second kappa shape index (κ2) is 4.11. The number of methoxy groups -OCH3 is 1. The number of ether oxygens (including phenoxy) is 1. The highest BCUT2D eigenvalue weighted by molar-refractivity contribution is 6.02. The SMILES string of the molecule is COc1cccc(C(=O)C(C)N)c1O. The molecule has 0 aliphatic rings. The van der Waals surface area contributed by atoms with Gasteiger partial charge in [-0.1, -0.05) is 6.07 Å². The minimum absolute atomic E-state index is 0.155. The Morgan fingerprint density at radius 1 is 1.57 bits per heavy atom. The molecule has 0 radical (unpaired) electrons. The first kappa shape index (κ1) is 10.5. The molecular formula is C10H13NO3. The van der Waals surface area contributed by atoms with Gasteiger partial charge in [0.1, 0.15) is 0 Å². The molecule has 3 N–H and O–H groups in total. The van der Waals surface area contributed by atoms with Gasteiger partial charge in [0.2, 0.25) is 0 Å². The van der Waals surface area contributed by atoms with Crippen molar-refractivity contribution in [2.75, 3.05) is 7.11 Å². The summed E-state index contributed by atoms with van der Waals surface area (Å²) in [7, 11) is 1.43. The lowest BCUT2D eigenvalue weighted by Crippen LogP contribution is -2.26. The van der Waals surface area contributed by atoms with E-state index in [0.29, 0.717) is 0 Å². The van der Waals surface area contributed by atoms with E-state index in [-0.39, 0.29) is 22.8 Å². The summed E-state index contributed by atoms with van der Waals surface area (Å²) >= 11 is 0. The highest BCUT2D eigenvalue weighted by Crippen LogP contribution is 2.29. The van der Waals surface area contributed by atoms with Crippen molar-refractivity contribution in [3.63, 3.8) is 0 Å². The number of phenolic OH excluding ortho intramolecular Hbond substituents is 1. The maximum absolute atomic E-state index is 11.5. The summed E-state index contributed by atoms with van der Waals surface area (Å²) in [6.45, 7) is 1.57. The van der Waals surface area contributed by atoms with E-state index >= 15 is 0 Å². The lowest BCUT2D eigenvalue weighted by molar-refractivity contribution is 0.0964. The lowest BCUT2D eigenvalue weighted by atomic mass is 10.0. The minimum atomic E-state index is -0.631. The van der Waals surface area contributed by atoms with E-state index in [1.54, 1.807) is 19.1 Å². The number of phenols is 1. The normalized spacial score (nSPS) is 12.2. The Balaban J connectivity index is 3.16. The van der Waals surface area contributed by atoms with Crippen LogP contribution in [-0.4, -0.2) is 24.0 Å². The average molecular weight is 195 g/mol. The molecule has 0 bridgehead atoms. The Morgan fingerprint density at radius 2 is 2.21 bits per heavy atom. The summed E-state index contributed by atoms with van der Waals surface area (Å²) in [6, 6.07) is 4.10. The van der Waals surface area contributed by atoms with Crippen molar-refractivity contribution >= 4 is 5.78 Å². The van der Waals surface area contributed by atoms with Gasteiger partial charge in [-0.05, 0) is 19.1 Å². The zero-order chi connectivity index (χ0) is 10.7. The molecule has 0 heterocycles. The summed E-state index contributed by atoms with van der Waals surface area (Å²) in [6.07, 6.45) is 0. The van der Waals surface area contributed by atoms with Crippen LogP contribution in [0.15, 0.2) is 18.2 Å². The van der Waals surface area contributed by atoms with E-state index < -0.39 is 6.04 Å². The number of rotatable bonds is 3. The van der Waals surface area contributed by atoms with Crippen LogP contribution in [0.5, 0.6) is 11.5 Å². The van der Waals surface area contributed by atoms with Crippen LogP contribution < -0.4 is 10.5 Å². The number of nitrogens with two attached hydrogens (primary N) is 1. The molecule has 0 aliphatic heterocycles. The third-order valence-electron chi connectivity index (χ3n) is 1.90. The van der Waals surface area contributed by atoms with Gasteiger partial charge in [-0.25, -0.2) is 0 Å². The fourth-order valence-corrected chi connectivity index (χ4v) is 1.13. The number of aromatic hydroxyl groups is 1. The molecular weight excluding hydrogens is 182 g/mol. The molecule has 1 rings (SSSR count). The molecule has 0 aromatic heterocycles. The Kier molecular flexibility index (Phi) is 3.09. The number of ketones is 1. The molecule has 1 atom stereocenters. The Bertz CT molecular complexity index is 347. The third-order valence-corrected chi connectivity index (χ3v) is 1.90. The van der Waals surface area contributed by atoms with Gasteiger partial charge < -0.3 is 15.6 Å². The molecule has 1 unspecified atom stereocenters. The fraction of sp³-hybridized carbons (Fsp3) is 0.300. The van der Waals surface area contributed by atoms with Crippen LogP contribution in [0.25, 0.3) is 0 Å². The molecule has 0 aliphatic carbocycles. The topological polar surface area (TPSA) is 72.5 Å². The van der Waals surface area contributed by atoms with E-state index in [1.165, 1.54) is 13.2 Å². The first-order valence-corrected chi connectivity index (χ1v) is 4.23. The monoisotopic (exact) mass is 195 g/mol. The van der Waals surface area contributed by atoms with E-state index in [2.05, 4.69) is 0 Å². The van der Waals surface area contributed by atoms with Gasteiger partial charge in [-0.2, -0.15) is 0 Å². The van der Waals surface area contributed by atoms with Crippen molar-refractivity contribution in [1.29, 1.82) is 0 Å². The molecule has 4 nitrogen and oxygen atoms in total. The Labute approximate surface area is 82.3 Å². The van der Waals surface area contributed by atoms with Gasteiger partial charge in [0.15, 0.2) is 17.3 Å². The van der Waals surface area contributed by atoms with Crippen LogP contribution in [0.3, 0.4) is 0 Å². The standard InChI is InChI=1S/C10H13NO3/c1-6(11)9(12)7-4-3-5-8(14-2)10(7)13/h3-6,13H,11H2,1-2H3. The number of Topliss-reactive ketones (excluding diaryl/α,β-unsaturated/α-hetero) is 1. The smallest absolute Gasteiger partial charge is 0.183 e. The van der Waals surface area contributed by atoms with Crippen LogP contribution >= 0.6 is 0 Å². The zero-order valence-corrected chi connectivity index (χ0v) is 8.15. The van der Waals surface area contributed by atoms with Gasteiger partial charge in [-0.3, -0.25) is 4.79 Å². The van der Waals surface area contributed by atoms with Crippen LogP contribution in [0, 0.1) is 0 Å². The molecule has 4 heteroatoms. The number of carbonyl (C=O) groups excluding carboxylic acids is 1. The fourth-order valence-electron chi connectivity index (χ4n) is 1.13. The van der Waals surface area contributed by atoms with E-state index in [4.69, 9.17) is 10.5 Å². The Morgan fingerprint density at radius 3 is 2.71 bits per heavy atom. The van der Waals surface area contributed by atoms with Crippen LogP contribution in [0.4, 0.5) is 0 Å². The highest BCUT2D eigenvalue weighted by Gasteiger charge is 2.17. The van der Waals surface area contributed by atoms with Crippen molar-refractivity contribution in [2.45, 2.75) is 13.0 Å². The summed E-state index contributed by atoms with van der Waals surface area (Å²) in [5.41, 5.74) is 5.62. The van der Waals surface area contributed by atoms with Crippen molar-refractivity contribution in [3.05, 3.63) is 23.8 Å². The number of hydrogen-bond donors (Lipinski definition) is 2. The Hall–Kier alpha value is -1.55. The molecule has 0 spiro atoms. The first-order chi connectivity index (χ1) is 6.57. The van der Waals surface area contributed by atoms with Crippen LogP contribution in [0.2, 0.25) is 0 Å². The number of hydrogen-bond acceptors (Lipinski definition) is 4. The average Bonchev–Trinajstić information content (AvgIpc) is 2.17. The van der Waals surface area contributed by atoms with E-state index in [9.17, 15) is 9.90 Å². The molecule has 0 saturated carbocycles. The van der Waals surface area contributed by atoms with Gasteiger partial charge in [0.05, 0.1) is 18.7 Å².